The molecule has 0 aliphatic heterocycles. The highest BCUT2D eigenvalue weighted by Gasteiger charge is 2.32. The van der Waals surface area contributed by atoms with E-state index in [2.05, 4.69) is 10.6 Å². The second-order valence-corrected chi connectivity index (χ2v) is 11.7. The van der Waals surface area contributed by atoms with Gasteiger partial charge in [0.1, 0.15) is 22.7 Å². The van der Waals surface area contributed by atoms with Gasteiger partial charge < -0.3 is 15.1 Å². The Morgan fingerprint density at radius 2 is 1.69 bits per heavy atom. The molecule has 0 saturated heterocycles. The predicted octanol–water partition coefficient (Wildman–Crippen LogP) is 5.29. The highest BCUT2D eigenvalue weighted by molar-refractivity contribution is 7.92. The van der Waals surface area contributed by atoms with Crippen molar-refractivity contribution < 1.29 is 35.6 Å². The van der Waals surface area contributed by atoms with Crippen LogP contribution in [-0.2, 0) is 10.0 Å². The van der Waals surface area contributed by atoms with Gasteiger partial charge in [0.2, 0.25) is 10.0 Å². The summed E-state index contributed by atoms with van der Waals surface area (Å²) >= 11 is 0. The third-order valence-corrected chi connectivity index (χ3v) is 7.35. The van der Waals surface area contributed by atoms with E-state index >= 15 is 0 Å². The van der Waals surface area contributed by atoms with Crippen LogP contribution in [0.5, 0.6) is 0 Å². The Hall–Kier alpha value is -4.83. The maximum Gasteiger partial charge on any atom is 0.327 e. The summed E-state index contributed by atoms with van der Waals surface area (Å²) in [7, 11) is -3.17. The lowest BCUT2D eigenvalue weighted by molar-refractivity contribution is 0.0927. The number of halogens is 3. The Balaban J connectivity index is 2.05. The van der Waals surface area contributed by atoms with E-state index < -0.39 is 45.4 Å². The lowest BCUT2D eigenvalue weighted by atomic mass is 9.97. The van der Waals surface area contributed by atoms with Crippen molar-refractivity contribution >= 4 is 38.5 Å². The molecule has 9 nitrogen and oxygen atoms in total. The zero-order valence-electron chi connectivity index (χ0n) is 22.8. The van der Waals surface area contributed by atoms with Crippen molar-refractivity contribution in [2.24, 2.45) is 0 Å². The summed E-state index contributed by atoms with van der Waals surface area (Å²) in [5.74, 6) is -1.77. The fraction of sp³-hybridized carbons (Fsp3) is 0.207. The van der Waals surface area contributed by atoms with Gasteiger partial charge in [0, 0.05) is 35.2 Å². The van der Waals surface area contributed by atoms with E-state index in [0.717, 1.165) is 18.2 Å². The fourth-order valence-corrected chi connectivity index (χ4v) is 5.14. The van der Waals surface area contributed by atoms with E-state index in [1.54, 1.807) is 0 Å². The minimum absolute atomic E-state index is 0.000437. The Morgan fingerprint density at radius 3 is 2.26 bits per heavy atom. The normalized spacial score (nSPS) is 11.8. The summed E-state index contributed by atoms with van der Waals surface area (Å²) in [6.45, 7) is -0.513. The van der Waals surface area contributed by atoms with Gasteiger partial charge in [0.05, 0.1) is 23.6 Å². The summed E-state index contributed by atoms with van der Waals surface area (Å²) in [6, 6.07) is 15.1. The van der Waals surface area contributed by atoms with Crippen molar-refractivity contribution in [2.45, 2.75) is 25.9 Å². The van der Waals surface area contributed by atoms with Gasteiger partial charge in [0.15, 0.2) is 0 Å². The summed E-state index contributed by atoms with van der Waals surface area (Å²) in [5, 5.41) is 14.5. The van der Waals surface area contributed by atoms with Crippen LogP contribution in [0.25, 0.3) is 33.4 Å². The molecular weight excluding hydrogens is 573 g/mol. The van der Waals surface area contributed by atoms with Gasteiger partial charge in [-0.15, -0.1) is 0 Å². The predicted molar refractivity (Wildman–Crippen MR) is 151 cm³/mol. The van der Waals surface area contributed by atoms with Gasteiger partial charge in [-0.2, -0.15) is 14.0 Å². The van der Waals surface area contributed by atoms with Gasteiger partial charge in [-0.05, 0) is 61.9 Å². The molecule has 218 valence electrons. The first-order chi connectivity index (χ1) is 19.7. The summed E-state index contributed by atoms with van der Waals surface area (Å²) in [4.78, 5) is 25.9. The number of anilines is 1. The van der Waals surface area contributed by atoms with Gasteiger partial charge in [-0.25, -0.2) is 17.1 Å². The Bertz CT molecular complexity index is 1850. The molecule has 0 saturated carbocycles. The second kappa shape index (κ2) is 11.2. The number of hydrogen-bond donors (Lipinski definition) is 2. The van der Waals surface area contributed by atoms with E-state index in [4.69, 9.17) is 4.42 Å². The number of alkyl halides is 2. The first-order valence-corrected chi connectivity index (χ1v) is 14.2. The lowest BCUT2D eigenvalue weighted by Gasteiger charge is -2.24. The van der Waals surface area contributed by atoms with E-state index in [9.17, 15) is 36.4 Å². The van der Waals surface area contributed by atoms with Crippen LogP contribution >= 0.6 is 0 Å². The van der Waals surface area contributed by atoms with Crippen LogP contribution in [0.15, 0.2) is 65.1 Å². The second-order valence-electron chi connectivity index (χ2n) is 9.87. The Labute approximate surface area is 239 Å². The molecule has 1 aromatic heterocycles. The molecule has 0 radical (unpaired) electrons. The van der Waals surface area contributed by atoms with E-state index in [-0.39, 0.29) is 43.3 Å². The number of amides is 2. The molecule has 0 aliphatic rings. The summed E-state index contributed by atoms with van der Waals surface area (Å²) < 4.78 is 73.2. The van der Waals surface area contributed by atoms with Crippen LogP contribution in [0.4, 0.5) is 18.9 Å². The highest BCUT2D eigenvalue weighted by atomic mass is 32.2. The minimum atomic E-state index is -4.55. The first-order valence-electron chi connectivity index (χ1n) is 12.4. The number of nitrogens with zero attached hydrogens (tertiary/aromatic N) is 2. The van der Waals surface area contributed by atoms with E-state index in [1.165, 1.54) is 63.4 Å². The molecule has 0 bridgehead atoms. The van der Waals surface area contributed by atoms with Crippen molar-refractivity contribution in [2.75, 3.05) is 17.6 Å². The lowest BCUT2D eigenvalue weighted by Crippen LogP contribution is -2.42. The largest absolute Gasteiger partial charge is 0.455 e. The van der Waals surface area contributed by atoms with Crippen molar-refractivity contribution in [3.05, 3.63) is 77.6 Å². The molecule has 3 aromatic carbocycles. The molecule has 13 heteroatoms. The van der Waals surface area contributed by atoms with Crippen LogP contribution in [0.2, 0.25) is 0 Å². The zero-order chi connectivity index (χ0) is 31.0. The van der Waals surface area contributed by atoms with Gasteiger partial charge in [-0.1, -0.05) is 12.1 Å². The number of benzene rings is 3. The maximum absolute atomic E-state index is 14.3. The van der Waals surface area contributed by atoms with Gasteiger partial charge in [0.25, 0.3) is 11.8 Å². The third-order valence-electron chi connectivity index (χ3n) is 6.28. The molecule has 0 spiro atoms. The average Bonchev–Trinajstić information content (AvgIpc) is 3.29. The van der Waals surface area contributed by atoms with Crippen molar-refractivity contribution in [1.82, 2.24) is 10.6 Å². The van der Waals surface area contributed by atoms with Crippen LogP contribution in [-0.4, -0.2) is 45.6 Å². The molecule has 4 aromatic rings. The number of nitrogens with one attached hydrogen (secondary N) is 2. The third kappa shape index (κ3) is 5.94. The van der Waals surface area contributed by atoms with Crippen LogP contribution < -0.4 is 14.9 Å². The number of sulfonamides is 1. The monoisotopic (exact) mass is 598 g/mol. The molecule has 42 heavy (non-hydrogen) atoms. The van der Waals surface area contributed by atoms with Crippen molar-refractivity contribution in [1.29, 1.82) is 5.26 Å². The van der Waals surface area contributed by atoms with Crippen LogP contribution in [0, 0.1) is 17.1 Å². The van der Waals surface area contributed by atoms with Gasteiger partial charge >= 0.3 is 6.55 Å². The summed E-state index contributed by atoms with van der Waals surface area (Å²) in [6.07, 6.45) is 0.614. The highest BCUT2D eigenvalue weighted by Crippen LogP contribution is 2.42. The maximum atomic E-state index is 14.3. The number of fused-ring (bicyclic) bond motifs is 1. The number of carbonyl (C=O) groups is 2. The number of furan rings is 1. The van der Waals surface area contributed by atoms with Crippen molar-refractivity contribution in [3.8, 4) is 28.5 Å². The topological polar surface area (TPSA) is 133 Å². The fourth-order valence-electron chi connectivity index (χ4n) is 4.34. The van der Waals surface area contributed by atoms with Crippen LogP contribution in [0.1, 0.15) is 34.6 Å². The number of hydrogen-bond acceptors (Lipinski definition) is 6. The zero-order valence-corrected chi connectivity index (χ0v) is 23.6. The van der Waals surface area contributed by atoms with Crippen LogP contribution in [0.3, 0.4) is 0 Å². The Morgan fingerprint density at radius 1 is 1.02 bits per heavy atom. The first kappa shape index (κ1) is 30.1. The molecule has 0 unspecified atom stereocenters. The SMILES string of the molecule is CNC(=O)c1c(-c2ccc(F)cc2)oc2cc(N(C(F)F)S(C)(=O)=O)c(-c3cccc(C(=O)NC(C)(C)C#N)c3)cc12. The molecule has 2 N–H and O–H groups in total. The molecule has 4 rings (SSSR count). The molecule has 0 fully saturated rings. The van der Waals surface area contributed by atoms with Gasteiger partial charge in [-0.3, -0.25) is 9.59 Å². The minimum Gasteiger partial charge on any atom is -0.455 e. The Kier molecular flexibility index (Phi) is 8.04. The molecule has 1 heterocycles. The smallest absolute Gasteiger partial charge is 0.327 e. The quantitative estimate of drug-likeness (QED) is 0.265. The molecular formula is C29H25F3N4O5S. The van der Waals surface area contributed by atoms with E-state index in [1.807, 2.05) is 6.07 Å². The molecule has 0 atom stereocenters. The number of carbonyl (C=O) groups excluding carboxylic acids is 2. The molecule has 0 aliphatic carbocycles. The summed E-state index contributed by atoms with van der Waals surface area (Å²) in [5.41, 5.74) is -1.30. The standard InChI is InChI=1S/C29H25F3N4O5S/c1-29(2,15-33)35-26(37)18-7-5-6-17(12-18)20-13-21-23(14-22(20)36(28(31)32)42(4,39)40)41-25(24(21)27(38)34-3)16-8-10-19(30)11-9-16/h5-14,28H,1-4H3,(H,34,38)(H,35,37). The number of rotatable bonds is 8. The average molecular weight is 599 g/mol. The van der Waals surface area contributed by atoms with E-state index in [0.29, 0.717) is 11.8 Å². The molecule has 2 amide bonds. The van der Waals surface area contributed by atoms with Crippen molar-refractivity contribution in [3.63, 3.8) is 0 Å². The number of nitriles is 1.